The summed E-state index contributed by atoms with van der Waals surface area (Å²) in [5.74, 6) is 0.548. The van der Waals surface area contributed by atoms with Crippen molar-refractivity contribution in [1.29, 1.82) is 0 Å². The first-order chi connectivity index (χ1) is 16.0. The molecule has 5 rings (SSSR count). The number of rotatable bonds is 3. The minimum absolute atomic E-state index is 0.0547. The van der Waals surface area contributed by atoms with Crippen molar-refractivity contribution in [1.82, 2.24) is 9.80 Å². The van der Waals surface area contributed by atoms with Crippen LogP contribution in [0.5, 0.6) is 5.75 Å². The Morgan fingerprint density at radius 3 is 2.42 bits per heavy atom. The predicted molar refractivity (Wildman–Crippen MR) is 125 cm³/mol. The number of nitrogens with one attached hydrogen (secondary N) is 1. The van der Waals surface area contributed by atoms with Crippen LogP contribution in [-0.2, 0) is 9.59 Å². The number of hydrogen-bond acceptors (Lipinski definition) is 4. The Labute approximate surface area is 193 Å². The van der Waals surface area contributed by atoms with Crippen molar-refractivity contribution in [3.63, 3.8) is 0 Å². The van der Waals surface area contributed by atoms with Crippen molar-refractivity contribution in [3.05, 3.63) is 48.0 Å². The van der Waals surface area contributed by atoms with Gasteiger partial charge in [-0.2, -0.15) is 0 Å². The van der Waals surface area contributed by atoms with Gasteiger partial charge in [0.1, 0.15) is 11.8 Å². The van der Waals surface area contributed by atoms with Crippen LogP contribution in [-0.4, -0.2) is 60.3 Å². The molecule has 3 amide bonds. The molecule has 2 aliphatic heterocycles. The van der Waals surface area contributed by atoms with E-state index in [1.54, 1.807) is 23.0 Å². The number of amides is 3. The summed E-state index contributed by atoms with van der Waals surface area (Å²) in [7, 11) is 1.62. The maximum Gasteiger partial charge on any atom is 0.256 e. The average molecular weight is 448 g/mol. The number of ether oxygens (including phenoxy) is 1. The third-order valence-corrected chi connectivity index (χ3v) is 7.14. The highest BCUT2D eigenvalue weighted by molar-refractivity contribution is 6.10. The van der Waals surface area contributed by atoms with Crippen LogP contribution in [0.1, 0.15) is 42.5 Å². The normalized spacial score (nSPS) is 21.1. The molecule has 1 aliphatic carbocycles. The van der Waals surface area contributed by atoms with Crippen LogP contribution in [0.15, 0.2) is 42.5 Å². The maximum absolute atomic E-state index is 13.5. The fraction of sp³-hybridized carbons (Fsp3) is 0.423. The lowest BCUT2D eigenvalue weighted by Gasteiger charge is -2.40. The second-order valence-electron chi connectivity index (χ2n) is 9.11. The standard InChI is InChI=1S/C26H29N3O4/c1-33-20-10-7-17(8-11-20)19-9-12-22-21(15-19)26(32)29-14-13-28(16-23(29)24(30)27-22)25(31)18-5-3-2-4-6-18/h7-12,15,18,23H,2-6,13-14,16H2,1H3,(H,27,30). The molecule has 7 nitrogen and oxygen atoms in total. The minimum atomic E-state index is -0.671. The van der Waals surface area contributed by atoms with Crippen molar-refractivity contribution in [2.24, 2.45) is 5.92 Å². The summed E-state index contributed by atoms with van der Waals surface area (Å²) >= 11 is 0. The molecule has 7 heteroatoms. The van der Waals surface area contributed by atoms with E-state index in [2.05, 4.69) is 5.32 Å². The number of fused-ring (bicyclic) bond motifs is 2. The highest BCUT2D eigenvalue weighted by Gasteiger charge is 2.41. The van der Waals surface area contributed by atoms with Gasteiger partial charge >= 0.3 is 0 Å². The first kappa shape index (κ1) is 21.5. The van der Waals surface area contributed by atoms with Gasteiger partial charge in [0.05, 0.1) is 24.9 Å². The lowest BCUT2D eigenvalue weighted by Crippen LogP contribution is -2.60. The molecule has 1 N–H and O–H groups in total. The van der Waals surface area contributed by atoms with E-state index < -0.39 is 6.04 Å². The molecule has 2 aromatic rings. The van der Waals surface area contributed by atoms with E-state index in [-0.39, 0.29) is 30.2 Å². The van der Waals surface area contributed by atoms with Gasteiger partial charge in [-0.3, -0.25) is 14.4 Å². The predicted octanol–water partition coefficient (Wildman–Crippen LogP) is 3.55. The summed E-state index contributed by atoms with van der Waals surface area (Å²) in [6.07, 6.45) is 5.21. The summed E-state index contributed by atoms with van der Waals surface area (Å²) in [5.41, 5.74) is 2.85. The first-order valence-electron chi connectivity index (χ1n) is 11.7. The topological polar surface area (TPSA) is 79.0 Å². The van der Waals surface area contributed by atoms with Crippen LogP contribution < -0.4 is 10.1 Å². The fourth-order valence-electron chi connectivity index (χ4n) is 5.22. The molecule has 1 saturated carbocycles. The second-order valence-corrected chi connectivity index (χ2v) is 9.11. The highest BCUT2D eigenvalue weighted by atomic mass is 16.5. The van der Waals surface area contributed by atoms with Crippen LogP contribution in [0, 0.1) is 5.92 Å². The Bertz CT molecular complexity index is 1080. The van der Waals surface area contributed by atoms with E-state index in [1.807, 2.05) is 36.4 Å². The van der Waals surface area contributed by atoms with Crippen molar-refractivity contribution in [2.45, 2.75) is 38.1 Å². The van der Waals surface area contributed by atoms with Crippen LogP contribution in [0.25, 0.3) is 11.1 Å². The smallest absolute Gasteiger partial charge is 0.256 e. The molecule has 2 fully saturated rings. The largest absolute Gasteiger partial charge is 0.497 e. The van der Waals surface area contributed by atoms with E-state index in [4.69, 9.17) is 4.74 Å². The van der Waals surface area contributed by atoms with Gasteiger partial charge in [-0.1, -0.05) is 37.5 Å². The van der Waals surface area contributed by atoms with Crippen molar-refractivity contribution in [2.75, 3.05) is 32.1 Å². The lowest BCUT2D eigenvalue weighted by atomic mass is 9.88. The van der Waals surface area contributed by atoms with E-state index in [0.29, 0.717) is 24.3 Å². The third kappa shape index (κ3) is 4.08. The van der Waals surface area contributed by atoms with Gasteiger partial charge in [-0.25, -0.2) is 0 Å². The van der Waals surface area contributed by atoms with E-state index >= 15 is 0 Å². The first-order valence-corrected chi connectivity index (χ1v) is 11.7. The Kier molecular flexibility index (Phi) is 5.79. The van der Waals surface area contributed by atoms with Crippen LogP contribution in [0.3, 0.4) is 0 Å². The Balaban J connectivity index is 1.38. The molecular weight excluding hydrogens is 418 g/mol. The van der Waals surface area contributed by atoms with Gasteiger partial charge in [0.25, 0.3) is 5.91 Å². The van der Waals surface area contributed by atoms with Crippen LogP contribution >= 0.6 is 0 Å². The number of nitrogens with zero attached hydrogens (tertiary/aromatic N) is 2. The second kappa shape index (κ2) is 8.89. The number of carbonyl (C=O) groups excluding carboxylic acids is 3. The zero-order chi connectivity index (χ0) is 22.9. The number of methoxy groups -OCH3 is 1. The van der Waals surface area contributed by atoms with Crippen molar-refractivity contribution >= 4 is 23.4 Å². The van der Waals surface area contributed by atoms with Crippen LogP contribution in [0.4, 0.5) is 5.69 Å². The summed E-state index contributed by atoms with van der Waals surface area (Å²) in [5, 5.41) is 2.93. The van der Waals surface area contributed by atoms with E-state index in [1.165, 1.54) is 6.42 Å². The highest BCUT2D eigenvalue weighted by Crippen LogP contribution is 2.32. The SMILES string of the molecule is COc1ccc(-c2ccc3c(c2)C(=O)N2CCN(C(=O)C4CCCCC4)CC2C(=O)N3)cc1. The quantitative estimate of drug-likeness (QED) is 0.781. The Morgan fingerprint density at radius 2 is 1.70 bits per heavy atom. The molecule has 1 unspecified atom stereocenters. The molecule has 2 heterocycles. The molecule has 33 heavy (non-hydrogen) atoms. The van der Waals surface area contributed by atoms with Gasteiger partial charge in [-0.15, -0.1) is 0 Å². The van der Waals surface area contributed by atoms with E-state index in [9.17, 15) is 14.4 Å². The average Bonchev–Trinajstić information content (AvgIpc) is 2.98. The monoisotopic (exact) mass is 447 g/mol. The number of piperazine rings is 1. The molecule has 0 radical (unpaired) electrons. The molecule has 0 spiro atoms. The molecule has 0 aromatic heterocycles. The number of benzene rings is 2. The zero-order valence-corrected chi connectivity index (χ0v) is 18.9. The van der Waals surface area contributed by atoms with Gasteiger partial charge < -0.3 is 19.9 Å². The molecule has 3 aliphatic rings. The number of carbonyl (C=O) groups is 3. The van der Waals surface area contributed by atoms with E-state index in [0.717, 1.165) is 42.6 Å². The molecular formula is C26H29N3O4. The summed E-state index contributed by atoms with van der Waals surface area (Å²) in [6, 6.07) is 12.5. The summed E-state index contributed by atoms with van der Waals surface area (Å²) < 4.78 is 5.23. The Morgan fingerprint density at radius 1 is 0.970 bits per heavy atom. The fourth-order valence-corrected chi connectivity index (χ4v) is 5.22. The summed E-state index contributed by atoms with van der Waals surface area (Å²) in [6.45, 7) is 1.09. The van der Waals surface area contributed by atoms with Crippen molar-refractivity contribution in [3.8, 4) is 16.9 Å². The molecule has 2 aromatic carbocycles. The molecule has 1 saturated heterocycles. The number of anilines is 1. The molecule has 172 valence electrons. The van der Waals surface area contributed by atoms with Crippen LogP contribution in [0.2, 0.25) is 0 Å². The third-order valence-electron chi connectivity index (χ3n) is 7.14. The maximum atomic E-state index is 13.5. The van der Waals surface area contributed by atoms with Gasteiger partial charge in [0.2, 0.25) is 11.8 Å². The molecule has 0 bridgehead atoms. The molecule has 1 atom stereocenters. The Hall–Kier alpha value is -3.35. The zero-order valence-electron chi connectivity index (χ0n) is 18.9. The van der Waals surface area contributed by atoms with Gasteiger partial charge in [-0.05, 0) is 48.2 Å². The summed E-state index contributed by atoms with van der Waals surface area (Å²) in [4.78, 5) is 43.0. The minimum Gasteiger partial charge on any atom is -0.497 e. The van der Waals surface area contributed by atoms with Gasteiger partial charge in [0, 0.05) is 19.0 Å². The number of hydrogen-bond donors (Lipinski definition) is 1. The van der Waals surface area contributed by atoms with Gasteiger partial charge in [0.15, 0.2) is 0 Å². The lowest BCUT2D eigenvalue weighted by molar-refractivity contribution is -0.140. The van der Waals surface area contributed by atoms with Crippen molar-refractivity contribution < 1.29 is 19.1 Å².